The first-order valence-corrected chi connectivity index (χ1v) is 17.3. The van der Waals surface area contributed by atoms with Crippen LogP contribution in [-0.4, -0.2) is 14.5 Å². The maximum Gasteiger partial charge on any atom is 2.00 e. The van der Waals surface area contributed by atoms with Crippen LogP contribution in [0.3, 0.4) is 0 Å². The molecule has 51 heavy (non-hydrogen) atoms. The molecule has 4 heterocycles. The average molecular weight is 844 g/mol. The van der Waals surface area contributed by atoms with Crippen LogP contribution >= 0.6 is 0 Å². The molecule has 4 nitrogen and oxygen atoms in total. The Morgan fingerprint density at radius 3 is 1.88 bits per heavy atom. The van der Waals surface area contributed by atoms with Gasteiger partial charge in [0.25, 0.3) is 0 Å². The molecule has 0 amide bonds. The van der Waals surface area contributed by atoms with Crippen molar-refractivity contribution in [2.45, 2.75) is 52.4 Å². The summed E-state index contributed by atoms with van der Waals surface area (Å²) < 4.78 is 2.12. The molecule has 0 unspecified atom stereocenters. The maximum absolute atomic E-state index is 5.33. The molecule has 0 saturated carbocycles. The average Bonchev–Trinajstić information content (AvgIpc) is 3.72. The van der Waals surface area contributed by atoms with Gasteiger partial charge in [0.2, 0.25) is 0 Å². The van der Waals surface area contributed by atoms with Gasteiger partial charge in [-0.1, -0.05) is 168 Å². The van der Waals surface area contributed by atoms with Crippen molar-refractivity contribution in [2.75, 3.05) is 0 Å². The Bertz CT molecular complexity index is 2460. The van der Waals surface area contributed by atoms with Gasteiger partial charge in [0.05, 0.1) is 5.65 Å². The first-order valence-electron chi connectivity index (χ1n) is 17.3. The van der Waals surface area contributed by atoms with Crippen LogP contribution in [0.2, 0.25) is 0 Å². The molecule has 0 spiro atoms. The minimum Gasteiger partial charge on any atom is -0.434 e. The van der Waals surface area contributed by atoms with E-state index in [-0.39, 0.29) is 31.9 Å². The Morgan fingerprint density at radius 2 is 1.22 bits per heavy atom. The molecular weight excluding hydrogens is 804 g/mol. The van der Waals surface area contributed by atoms with Crippen LogP contribution in [0.25, 0.3) is 72.5 Å². The molecule has 0 bridgehead atoms. The van der Waals surface area contributed by atoms with E-state index in [2.05, 4.69) is 155 Å². The zero-order valence-electron chi connectivity index (χ0n) is 29.8. The number of hydrogen-bond acceptors (Lipinski definition) is 2. The Morgan fingerprint density at radius 1 is 0.588 bits per heavy atom. The number of aromatic nitrogens is 4. The topological polar surface area (TPSA) is 44.8 Å². The first-order chi connectivity index (χ1) is 24.0. The van der Waals surface area contributed by atoms with E-state index < -0.39 is 0 Å². The standard InChI is InChI=1S/C46H40N4.Pt/c1-45(2,3)36-27-33(28-37(29-36)46(4,5)6)32-24-34(40-18-12-13-22-47-40)26-35(25-32)41-20-19-31-21-23-50(43(31)48-41)44-39-17-11-10-16-38(39)42(49-44)30-14-8-7-9-15-30;/h7-25,27-29H,1-6H3;/q-2;+2. The molecule has 0 radical (unpaired) electrons. The van der Waals surface area contributed by atoms with Gasteiger partial charge < -0.3 is 9.55 Å². The van der Waals surface area contributed by atoms with Crippen molar-refractivity contribution in [2.24, 2.45) is 0 Å². The van der Waals surface area contributed by atoms with Crippen LogP contribution in [0, 0.1) is 6.07 Å². The van der Waals surface area contributed by atoms with Gasteiger partial charge in [0.15, 0.2) is 0 Å². The number of nitrogens with zero attached hydrogens (tertiary/aromatic N) is 4. The summed E-state index contributed by atoms with van der Waals surface area (Å²) in [4.78, 5) is 15.3. The Hall–Kier alpha value is -5.05. The van der Waals surface area contributed by atoms with Gasteiger partial charge in [-0.25, -0.2) is 0 Å². The van der Waals surface area contributed by atoms with Crippen LogP contribution in [-0.2, 0) is 31.9 Å². The van der Waals surface area contributed by atoms with E-state index in [9.17, 15) is 0 Å². The van der Waals surface area contributed by atoms with Gasteiger partial charge in [0, 0.05) is 17.6 Å². The molecule has 0 aliphatic rings. The Kier molecular flexibility index (Phi) is 8.94. The third-order valence-corrected chi connectivity index (χ3v) is 9.54. The van der Waals surface area contributed by atoms with E-state index in [1.807, 2.05) is 30.5 Å². The van der Waals surface area contributed by atoms with Gasteiger partial charge >= 0.3 is 21.1 Å². The Labute approximate surface area is 314 Å². The third kappa shape index (κ3) is 6.62. The fourth-order valence-corrected chi connectivity index (χ4v) is 6.63. The number of rotatable bonds is 5. The molecule has 0 aliphatic carbocycles. The van der Waals surface area contributed by atoms with Crippen LogP contribution in [0.4, 0.5) is 0 Å². The van der Waals surface area contributed by atoms with E-state index in [4.69, 9.17) is 15.0 Å². The quantitative estimate of drug-likeness (QED) is 0.162. The summed E-state index contributed by atoms with van der Waals surface area (Å²) in [5.74, 6) is 0.875. The van der Waals surface area contributed by atoms with Gasteiger partial charge in [-0.05, 0) is 66.8 Å². The molecule has 0 saturated heterocycles. The molecule has 0 N–H and O–H groups in total. The second-order valence-electron chi connectivity index (χ2n) is 15.2. The number of fused-ring (bicyclic) bond motifs is 2. The van der Waals surface area contributed by atoms with Gasteiger partial charge in [-0.3, -0.25) is 9.97 Å². The van der Waals surface area contributed by atoms with Crippen LogP contribution < -0.4 is 4.98 Å². The predicted octanol–water partition coefficient (Wildman–Crippen LogP) is 11.6. The van der Waals surface area contributed by atoms with Crippen molar-refractivity contribution >= 4 is 21.8 Å². The van der Waals surface area contributed by atoms with Crippen molar-refractivity contribution in [3.05, 3.63) is 151 Å². The summed E-state index contributed by atoms with van der Waals surface area (Å²) in [7, 11) is 0. The van der Waals surface area contributed by atoms with E-state index >= 15 is 0 Å². The summed E-state index contributed by atoms with van der Waals surface area (Å²) in [6.45, 7) is 13.7. The molecular formula is C46H40N4Pt. The van der Waals surface area contributed by atoms with Crippen molar-refractivity contribution in [1.82, 2.24) is 19.5 Å². The summed E-state index contributed by atoms with van der Waals surface area (Å²) in [5.41, 5.74) is 11.4. The molecule has 0 atom stereocenters. The molecule has 5 heteroatoms. The predicted molar refractivity (Wildman–Crippen MR) is 208 cm³/mol. The zero-order chi connectivity index (χ0) is 34.6. The number of hydrogen-bond donors (Lipinski definition) is 0. The second kappa shape index (κ2) is 13.2. The minimum absolute atomic E-state index is 0. The van der Waals surface area contributed by atoms with Gasteiger partial charge in [-0.15, -0.1) is 18.2 Å². The summed E-state index contributed by atoms with van der Waals surface area (Å²) >= 11 is 0. The summed E-state index contributed by atoms with van der Waals surface area (Å²) in [6.07, 6.45) is 3.92. The summed E-state index contributed by atoms with van der Waals surface area (Å²) in [6, 6.07) is 46.4. The molecule has 4 aromatic heterocycles. The van der Waals surface area contributed by atoms with E-state index in [0.717, 1.165) is 67.0 Å². The van der Waals surface area contributed by atoms with E-state index in [1.165, 1.54) is 16.7 Å². The number of benzene rings is 4. The van der Waals surface area contributed by atoms with Crippen LogP contribution in [0.15, 0.2) is 134 Å². The van der Waals surface area contributed by atoms with Crippen molar-refractivity contribution < 1.29 is 21.1 Å². The fourth-order valence-electron chi connectivity index (χ4n) is 6.63. The van der Waals surface area contributed by atoms with Crippen molar-refractivity contribution in [3.8, 4) is 50.7 Å². The van der Waals surface area contributed by atoms with Gasteiger partial charge in [-0.2, -0.15) is 0 Å². The smallest absolute Gasteiger partial charge is 0.434 e. The maximum atomic E-state index is 5.33. The molecule has 8 rings (SSSR count). The SMILES string of the molecule is CC(C)(C)c1cc(-c2cc(-c3ccccn3)[c-]c(-c3ccc4ccn(-c5[n-]c(-c6ccccc6)c6ccccc56)c4n3)c2)cc(C(C)(C)C)c1.[Pt+2]. The molecule has 8 aromatic rings. The molecule has 4 aromatic carbocycles. The Balaban J connectivity index is 0.00000406. The third-order valence-electron chi connectivity index (χ3n) is 9.54. The van der Waals surface area contributed by atoms with E-state index in [0.29, 0.717) is 0 Å². The van der Waals surface area contributed by atoms with Crippen LogP contribution in [0.5, 0.6) is 0 Å². The molecule has 0 aliphatic heterocycles. The molecule has 254 valence electrons. The van der Waals surface area contributed by atoms with E-state index in [1.54, 1.807) is 0 Å². The first kappa shape index (κ1) is 34.4. The van der Waals surface area contributed by atoms with Crippen molar-refractivity contribution in [3.63, 3.8) is 0 Å². The van der Waals surface area contributed by atoms with Gasteiger partial charge in [0.1, 0.15) is 0 Å². The fraction of sp³-hybridized carbons (Fsp3) is 0.174. The zero-order valence-corrected chi connectivity index (χ0v) is 32.1. The molecule has 0 fully saturated rings. The second-order valence-corrected chi connectivity index (χ2v) is 15.2. The number of pyridine rings is 2. The largest absolute Gasteiger partial charge is 2.00 e. The minimum atomic E-state index is 0. The van der Waals surface area contributed by atoms with Crippen molar-refractivity contribution in [1.29, 1.82) is 0 Å². The van der Waals surface area contributed by atoms with Crippen LogP contribution in [0.1, 0.15) is 52.7 Å². The summed E-state index contributed by atoms with van der Waals surface area (Å²) in [5, 5.41) is 3.27. The monoisotopic (exact) mass is 843 g/mol. The normalized spacial score (nSPS) is 12.0.